The first-order valence-electron chi connectivity index (χ1n) is 4.22. The Hall–Kier alpha value is -0.0600. The van der Waals surface area contributed by atoms with E-state index in [4.69, 9.17) is 0 Å². The van der Waals surface area contributed by atoms with Crippen LogP contribution in [0.25, 0.3) is 0 Å². The van der Waals surface area contributed by atoms with Gasteiger partial charge in [-0.1, -0.05) is 11.8 Å². The number of hydrogen-bond donors (Lipinski definition) is 1. The Morgan fingerprint density at radius 1 is 1.67 bits per heavy atom. The number of piperidine rings is 1. The number of nitrogens with zero attached hydrogens (tertiary/aromatic N) is 1. The third kappa shape index (κ3) is 2.21. The standard InChI is InChI=1S/C8H12N2S2/c1-2-7(6-9-3-1)12-8-10-4-5-11-8/h4-5,7,9H,1-3,6H2. The summed E-state index contributed by atoms with van der Waals surface area (Å²) in [6.07, 6.45) is 4.52. The van der Waals surface area contributed by atoms with Gasteiger partial charge in [-0.2, -0.15) is 0 Å². The van der Waals surface area contributed by atoms with Crippen molar-refractivity contribution >= 4 is 23.1 Å². The van der Waals surface area contributed by atoms with Crippen LogP contribution in [0.1, 0.15) is 12.8 Å². The molecule has 1 unspecified atom stereocenters. The van der Waals surface area contributed by atoms with Crippen LogP contribution in [0.5, 0.6) is 0 Å². The zero-order chi connectivity index (χ0) is 8.23. The second kappa shape index (κ2) is 4.25. The average Bonchev–Trinajstić information content (AvgIpc) is 2.59. The van der Waals surface area contributed by atoms with Gasteiger partial charge in [-0.05, 0) is 19.4 Å². The Morgan fingerprint density at radius 2 is 2.67 bits per heavy atom. The Morgan fingerprint density at radius 3 is 3.33 bits per heavy atom. The largest absolute Gasteiger partial charge is 0.316 e. The van der Waals surface area contributed by atoms with E-state index in [9.17, 15) is 0 Å². The van der Waals surface area contributed by atoms with Crippen molar-refractivity contribution in [2.75, 3.05) is 13.1 Å². The fraction of sp³-hybridized carbons (Fsp3) is 0.625. The number of aromatic nitrogens is 1. The summed E-state index contributed by atoms with van der Waals surface area (Å²) >= 11 is 3.66. The van der Waals surface area contributed by atoms with Crippen LogP contribution in [-0.2, 0) is 0 Å². The number of nitrogens with one attached hydrogen (secondary N) is 1. The molecule has 1 atom stereocenters. The van der Waals surface area contributed by atoms with E-state index in [1.54, 1.807) is 11.3 Å². The highest BCUT2D eigenvalue weighted by Gasteiger charge is 2.14. The van der Waals surface area contributed by atoms with Crippen LogP contribution in [0.4, 0.5) is 0 Å². The van der Waals surface area contributed by atoms with Crippen LogP contribution in [-0.4, -0.2) is 23.3 Å². The predicted octanol–water partition coefficient (Wildman–Crippen LogP) is 1.99. The van der Waals surface area contributed by atoms with Crippen molar-refractivity contribution in [1.82, 2.24) is 10.3 Å². The summed E-state index contributed by atoms with van der Waals surface area (Å²) in [5.74, 6) is 0. The minimum absolute atomic E-state index is 0.741. The van der Waals surface area contributed by atoms with Crippen molar-refractivity contribution in [3.63, 3.8) is 0 Å². The Kier molecular flexibility index (Phi) is 3.03. The smallest absolute Gasteiger partial charge is 0.150 e. The fourth-order valence-corrected chi connectivity index (χ4v) is 3.38. The van der Waals surface area contributed by atoms with E-state index in [2.05, 4.69) is 10.3 Å². The third-order valence-corrected chi connectivity index (χ3v) is 4.11. The summed E-state index contributed by atoms with van der Waals surface area (Å²) in [5, 5.41) is 6.18. The predicted molar refractivity (Wildman–Crippen MR) is 53.9 cm³/mol. The molecule has 2 rings (SSSR count). The van der Waals surface area contributed by atoms with E-state index in [1.807, 2.05) is 23.3 Å². The number of thiazole rings is 1. The number of rotatable bonds is 2. The van der Waals surface area contributed by atoms with Gasteiger partial charge in [0.25, 0.3) is 0 Å². The number of thioether (sulfide) groups is 1. The molecule has 12 heavy (non-hydrogen) atoms. The van der Waals surface area contributed by atoms with E-state index in [-0.39, 0.29) is 0 Å². The van der Waals surface area contributed by atoms with Crippen molar-refractivity contribution in [2.24, 2.45) is 0 Å². The van der Waals surface area contributed by atoms with Crippen molar-refractivity contribution < 1.29 is 0 Å². The van der Waals surface area contributed by atoms with E-state index < -0.39 is 0 Å². The maximum atomic E-state index is 4.26. The van der Waals surface area contributed by atoms with Gasteiger partial charge in [0.2, 0.25) is 0 Å². The molecule has 0 amide bonds. The Balaban J connectivity index is 1.86. The lowest BCUT2D eigenvalue weighted by Crippen LogP contribution is -2.31. The first-order valence-corrected chi connectivity index (χ1v) is 5.98. The maximum Gasteiger partial charge on any atom is 0.150 e. The normalized spacial score (nSPS) is 24.2. The Bertz CT molecular complexity index is 217. The molecule has 66 valence electrons. The highest BCUT2D eigenvalue weighted by molar-refractivity contribution is 8.01. The van der Waals surface area contributed by atoms with Gasteiger partial charge in [-0.25, -0.2) is 4.98 Å². The molecule has 1 aliphatic rings. The van der Waals surface area contributed by atoms with Crippen LogP contribution in [0, 0.1) is 0 Å². The summed E-state index contributed by atoms with van der Waals surface area (Å²) in [7, 11) is 0. The number of hydrogen-bond acceptors (Lipinski definition) is 4. The zero-order valence-electron chi connectivity index (χ0n) is 6.82. The van der Waals surface area contributed by atoms with Crippen molar-refractivity contribution in [3.05, 3.63) is 11.6 Å². The van der Waals surface area contributed by atoms with Crippen molar-refractivity contribution in [2.45, 2.75) is 22.4 Å². The molecule has 0 aliphatic carbocycles. The lowest BCUT2D eigenvalue weighted by molar-refractivity contribution is 0.531. The van der Waals surface area contributed by atoms with Gasteiger partial charge in [-0.3, -0.25) is 0 Å². The fourth-order valence-electron chi connectivity index (χ4n) is 1.33. The molecule has 2 nitrogen and oxygen atoms in total. The summed E-state index contributed by atoms with van der Waals surface area (Å²) in [6.45, 7) is 2.33. The minimum Gasteiger partial charge on any atom is -0.316 e. The molecule has 1 N–H and O–H groups in total. The SMILES string of the molecule is c1csc(SC2CCCNC2)n1. The van der Waals surface area contributed by atoms with Crippen molar-refractivity contribution in [3.8, 4) is 0 Å². The molecule has 1 aromatic heterocycles. The van der Waals surface area contributed by atoms with Gasteiger partial charge in [0.15, 0.2) is 0 Å². The van der Waals surface area contributed by atoms with Gasteiger partial charge in [0.05, 0.1) is 0 Å². The minimum atomic E-state index is 0.741. The van der Waals surface area contributed by atoms with E-state index in [1.165, 1.54) is 23.7 Å². The third-order valence-electron chi connectivity index (χ3n) is 1.93. The first-order chi connectivity index (χ1) is 5.95. The van der Waals surface area contributed by atoms with Gasteiger partial charge in [0.1, 0.15) is 4.34 Å². The monoisotopic (exact) mass is 200 g/mol. The van der Waals surface area contributed by atoms with Gasteiger partial charge >= 0.3 is 0 Å². The molecule has 0 radical (unpaired) electrons. The molecule has 1 aliphatic heterocycles. The van der Waals surface area contributed by atoms with Crippen LogP contribution in [0.15, 0.2) is 15.9 Å². The molecule has 1 fully saturated rings. The van der Waals surface area contributed by atoms with Crippen LogP contribution >= 0.6 is 23.1 Å². The Labute approximate surface area is 80.8 Å². The molecule has 1 aromatic rings. The summed E-state index contributed by atoms with van der Waals surface area (Å²) in [6, 6.07) is 0. The van der Waals surface area contributed by atoms with E-state index >= 15 is 0 Å². The summed E-state index contributed by atoms with van der Waals surface area (Å²) in [4.78, 5) is 4.26. The summed E-state index contributed by atoms with van der Waals surface area (Å²) < 4.78 is 1.21. The molecule has 0 bridgehead atoms. The summed E-state index contributed by atoms with van der Waals surface area (Å²) in [5.41, 5.74) is 0. The molecular formula is C8H12N2S2. The lowest BCUT2D eigenvalue weighted by atomic mass is 10.2. The maximum absolute atomic E-state index is 4.26. The highest BCUT2D eigenvalue weighted by atomic mass is 32.2. The quantitative estimate of drug-likeness (QED) is 0.790. The molecule has 1 saturated heterocycles. The van der Waals surface area contributed by atoms with Crippen LogP contribution in [0.2, 0.25) is 0 Å². The topological polar surface area (TPSA) is 24.9 Å². The van der Waals surface area contributed by atoms with E-state index in [0.717, 1.165) is 11.8 Å². The highest BCUT2D eigenvalue weighted by Crippen LogP contribution is 2.28. The van der Waals surface area contributed by atoms with Gasteiger partial charge < -0.3 is 5.32 Å². The molecule has 2 heterocycles. The molecule has 0 aromatic carbocycles. The van der Waals surface area contributed by atoms with Gasteiger partial charge in [0, 0.05) is 23.4 Å². The molecule has 0 spiro atoms. The van der Waals surface area contributed by atoms with Crippen molar-refractivity contribution in [1.29, 1.82) is 0 Å². The van der Waals surface area contributed by atoms with Crippen LogP contribution < -0.4 is 5.32 Å². The van der Waals surface area contributed by atoms with E-state index in [0.29, 0.717) is 0 Å². The molecule has 4 heteroatoms. The second-order valence-electron chi connectivity index (χ2n) is 2.88. The van der Waals surface area contributed by atoms with Crippen LogP contribution in [0.3, 0.4) is 0 Å². The second-order valence-corrected chi connectivity index (χ2v) is 5.33. The average molecular weight is 200 g/mol. The molecule has 0 saturated carbocycles. The van der Waals surface area contributed by atoms with Gasteiger partial charge in [-0.15, -0.1) is 11.3 Å². The lowest BCUT2D eigenvalue weighted by Gasteiger charge is -2.20. The first kappa shape index (κ1) is 8.53. The molecular weight excluding hydrogens is 188 g/mol. The zero-order valence-corrected chi connectivity index (χ0v) is 8.46.